The Morgan fingerprint density at radius 2 is 2.30 bits per heavy atom. The lowest BCUT2D eigenvalue weighted by Gasteiger charge is -2.14. The average Bonchev–Trinajstić information content (AvgIpc) is 2.83. The number of aromatic nitrogens is 4. The second-order valence-corrected chi connectivity index (χ2v) is 4.64. The molecule has 8 heteroatoms. The Morgan fingerprint density at radius 1 is 1.50 bits per heavy atom. The van der Waals surface area contributed by atoms with E-state index in [4.69, 9.17) is 5.73 Å². The zero-order valence-electron chi connectivity index (χ0n) is 11.6. The van der Waals surface area contributed by atoms with Crippen molar-refractivity contribution >= 4 is 28.8 Å². The van der Waals surface area contributed by atoms with Crippen LogP contribution < -0.4 is 16.4 Å². The summed E-state index contributed by atoms with van der Waals surface area (Å²) in [6.07, 6.45) is 2.77. The van der Waals surface area contributed by atoms with E-state index in [9.17, 15) is 4.79 Å². The molecule has 1 atom stereocenters. The molecule has 0 saturated heterocycles. The lowest BCUT2D eigenvalue weighted by Crippen LogP contribution is -2.24. The molecule has 0 fully saturated rings. The van der Waals surface area contributed by atoms with E-state index in [0.29, 0.717) is 22.9 Å². The quantitative estimate of drug-likeness (QED) is 0.595. The van der Waals surface area contributed by atoms with Crippen LogP contribution in [0.3, 0.4) is 0 Å². The smallest absolute Gasteiger partial charge is 0.226 e. The number of amides is 1. The maximum Gasteiger partial charge on any atom is 0.226 e. The highest BCUT2D eigenvalue weighted by Crippen LogP contribution is 2.19. The molecule has 2 aromatic heterocycles. The molecule has 2 heterocycles. The number of anilines is 2. The van der Waals surface area contributed by atoms with Crippen LogP contribution in [0.4, 0.5) is 11.8 Å². The van der Waals surface area contributed by atoms with Gasteiger partial charge in [0, 0.05) is 19.0 Å². The predicted octanol–water partition coefficient (Wildman–Crippen LogP) is 0.851. The van der Waals surface area contributed by atoms with Gasteiger partial charge in [-0.1, -0.05) is 6.92 Å². The Kier molecular flexibility index (Phi) is 4.34. The number of nitrogens with one attached hydrogen (secondary N) is 3. The number of carbonyl (C=O) groups is 1. The van der Waals surface area contributed by atoms with Crippen LogP contribution in [0.2, 0.25) is 0 Å². The molecule has 0 aromatic carbocycles. The van der Waals surface area contributed by atoms with E-state index in [1.807, 2.05) is 6.92 Å². The van der Waals surface area contributed by atoms with Gasteiger partial charge in [0.25, 0.3) is 0 Å². The van der Waals surface area contributed by atoms with Crippen LogP contribution >= 0.6 is 0 Å². The van der Waals surface area contributed by atoms with E-state index in [2.05, 4.69) is 37.5 Å². The number of hydrogen-bond acceptors (Lipinski definition) is 6. The maximum atomic E-state index is 10.9. The Hall–Kier alpha value is -2.38. The van der Waals surface area contributed by atoms with Gasteiger partial charge in [-0.2, -0.15) is 9.97 Å². The molecule has 0 saturated carbocycles. The number of rotatable bonds is 7. The minimum atomic E-state index is -0.357. The highest BCUT2D eigenvalue weighted by Gasteiger charge is 2.13. The minimum Gasteiger partial charge on any atom is -0.370 e. The first-order valence-corrected chi connectivity index (χ1v) is 6.60. The number of nitrogens with zero attached hydrogens (tertiary/aromatic N) is 3. The van der Waals surface area contributed by atoms with Gasteiger partial charge in [-0.25, -0.2) is 4.98 Å². The second-order valence-electron chi connectivity index (χ2n) is 4.64. The van der Waals surface area contributed by atoms with Crippen LogP contribution in [0.25, 0.3) is 11.2 Å². The van der Waals surface area contributed by atoms with E-state index >= 15 is 0 Å². The van der Waals surface area contributed by atoms with Gasteiger partial charge in [0.2, 0.25) is 11.9 Å². The summed E-state index contributed by atoms with van der Waals surface area (Å²) in [7, 11) is 0. The van der Waals surface area contributed by atoms with Crippen molar-refractivity contribution in [3.05, 3.63) is 6.33 Å². The highest BCUT2D eigenvalue weighted by molar-refractivity contribution is 5.84. The molecule has 108 valence electrons. The topological polar surface area (TPSA) is 122 Å². The zero-order chi connectivity index (χ0) is 14.5. The monoisotopic (exact) mass is 277 g/mol. The van der Waals surface area contributed by atoms with E-state index in [0.717, 1.165) is 13.0 Å². The van der Waals surface area contributed by atoms with E-state index < -0.39 is 0 Å². The van der Waals surface area contributed by atoms with Gasteiger partial charge in [0.15, 0.2) is 11.5 Å². The second kappa shape index (κ2) is 6.18. The summed E-state index contributed by atoms with van der Waals surface area (Å²) in [6, 6.07) is -0.118. The van der Waals surface area contributed by atoms with Crippen molar-refractivity contribution in [2.45, 2.75) is 32.7 Å². The summed E-state index contributed by atoms with van der Waals surface area (Å²) in [4.78, 5) is 26.8. The SMILES string of the molecule is CCCNc1nc(NC(C)CC(N)=O)c2[nH]cnc2n1. The number of nitrogens with two attached hydrogens (primary N) is 1. The highest BCUT2D eigenvalue weighted by atomic mass is 16.1. The maximum absolute atomic E-state index is 10.9. The van der Waals surface area contributed by atoms with Gasteiger partial charge in [0.1, 0.15) is 5.52 Å². The van der Waals surface area contributed by atoms with Crippen LogP contribution in [-0.2, 0) is 4.79 Å². The van der Waals surface area contributed by atoms with Crippen molar-refractivity contribution < 1.29 is 4.79 Å². The average molecular weight is 277 g/mol. The normalized spacial score (nSPS) is 12.3. The molecule has 0 aliphatic heterocycles. The zero-order valence-corrected chi connectivity index (χ0v) is 11.6. The van der Waals surface area contributed by atoms with Crippen molar-refractivity contribution in [1.82, 2.24) is 19.9 Å². The first-order valence-electron chi connectivity index (χ1n) is 6.60. The predicted molar refractivity (Wildman–Crippen MR) is 77.4 cm³/mol. The van der Waals surface area contributed by atoms with E-state index in [1.165, 1.54) is 0 Å². The molecule has 0 aliphatic carbocycles. The molecule has 5 N–H and O–H groups in total. The Morgan fingerprint density at radius 3 is 3.00 bits per heavy atom. The lowest BCUT2D eigenvalue weighted by atomic mass is 10.2. The number of fused-ring (bicyclic) bond motifs is 1. The van der Waals surface area contributed by atoms with Crippen LogP contribution in [0.1, 0.15) is 26.7 Å². The summed E-state index contributed by atoms with van der Waals surface area (Å²) in [5.41, 5.74) is 6.48. The molecule has 0 radical (unpaired) electrons. The number of imidazole rings is 1. The summed E-state index contributed by atoms with van der Waals surface area (Å²) in [6.45, 7) is 4.72. The summed E-state index contributed by atoms with van der Waals surface area (Å²) >= 11 is 0. The third-order valence-corrected chi connectivity index (χ3v) is 2.71. The molecule has 1 unspecified atom stereocenters. The summed E-state index contributed by atoms with van der Waals surface area (Å²) in [5.74, 6) is 0.768. The van der Waals surface area contributed by atoms with Gasteiger partial charge < -0.3 is 21.4 Å². The molecule has 0 aliphatic rings. The molecular weight excluding hydrogens is 258 g/mol. The molecule has 8 nitrogen and oxygen atoms in total. The van der Waals surface area contributed by atoms with Gasteiger partial charge in [-0.3, -0.25) is 4.79 Å². The third kappa shape index (κ3) is 3.34. The van der Waals surface area contributed by atoms with Crippen molar-refractivity contribution in [2.75, 3.05) is 17.2 Å². The molecule has 20 heavy (non-hydrogen) atoms. The van der Waals surface area contributed by atoms with Crippen molar-refractivity contribution in [2.24, 2.45) is 5.73 Å². The Bertz CT molecular complexity index is 595. The van der Waals surface area contributed by atoms with Crippen LogP contribution in [0, 0.1) is 0 Å². The summed E-state index contributed by atoms with van der Waals surface area (Å²) < 4.78 is 0. The van der Waals surface area contributed by atoms with Gasteiger partial charge in [-0.05, 0) is 13.3 Å². The largest absolute Gasteiger partial charge is 0.370 e. The van der Waals surface area contributed by atoms with Crippen molar-refractivity contribution in [3.63, 3.8) is 0 Å². The standard InChI is InChI=1S/C12H19N7O/c1-3-4-14-12-18-10-9(15-6-16-10)11(19-12)17-7(2)5-8(13)20/h6-7H,3-5H2,1-2H3,(H2,13,20)(H3,14,15,16,17,18,19). The number of carbonyl (C=O) groups excluding carboxylic acids is 1. The van der Waals surface area contributed by atoms with Crippen LogP contribution in [-0.4, -0.2) is 38.4 Å². The number of aromatic amines is 1. The first kappa shape index (κ1) is 14.0. The number of hydrogen-bond donors (Lipinski definition) is 4. The third-order valence-electron chi connectivity index (χ3n) is 2.71. The first-order chi connectivity index (χ1) is 9.60. The van der Waals surface area contributed by atoms with Gasteiger partial charge in [-0.15, -0.1) is 0 Å². The van der Waals surface area contributed by atoms with Gasteiger partial charge >= 0.3 is 0 Å². The number of H-pyrrole nitrogens is 1. The molecule has 1 amide bonds. The fourth-order valence-corrected chi connectivity index (χ4v) is 1.84. The molecule has 2 aromatic rings. The fraction of sp³-hybridized carbons (Fsp3) is 0.500. The Labute approximate surface area is 116 Å². The van der Waals surface area contributed by atoms with Crippen molar-refractivity contribution in [1.29, 1.82) is 0 Å². The lowest BCUT2D eigenvalue weighted by molar-refractivity contribution is -0.118. The molecule has 0 bridgehead atoms. The van der Waals surface area contributed by atoms with E-state index in [1.54, 1.807) is 6.33 Å². The molecule has 0 spiro atoms. The number of primary amides is 1. The summed E-state index contributed by atoms with van der Waals surface area (Å²) in [5, 5.41) is 6.28. The van der Waals surface area contributed by atoms with Crippen LogP contribution in [0.5, 0.6) is 0 Å². The Balaban J connectivity index is 2.25. The van der Waals surface area contributed by atoms with E-state index in [-0.39, 0.29) is 18.4 Å². The molecular formula is C12H19N7O. The fourth-order valence-electron chi connectivity index (χ4n) is 1.84. The van der Waals surface area contributed by atoms with Crippen molar-refractivity contribution in [3.8, 4) is 0 Å². The van der Waals surface area contributed by atoms with Crippen LogP contribution in [0.15, 0.2) is 6.33 Å². The van der Waals surface area contributed by atoms with Gasteiger partial charge in [0.05, 0.1) is 6.33 Å². The molecule has 2 rings (SSSR count). The minimum absolute atomic E-state index is 0.118.